The third kappa shape index (κ3) is 5.81. The zero-order chi connectivity index (χ0) is 13.3. The summed E-state index contributed by atoms with van der Waals surface area (Å²) in [5, 5.41) is 6.64. The molecule has 5 heteroatoms. The van der Waals surface area contributed by atoms with E-state index in [-0.39, 0.29) is 24.0 Å². The number of hydrogen-bond donors (Lipinski definition) is 2. The predicted octanol–water partition coefficient (Wildman–Crippen LogP) is 2.57. The van der Waals surface area contributed by atoms with Crippen LogP contribution in [0.5, 0.6) is 5.75 Å². The van der Waals surface area contributed by atoms with Crippen LogP contribution in [-0.2, 0) is 0 Å². The van der Waals surface area contributed by atoms with Crippen LogP contribution >= 0.6 is 24.0 Å². The molecule has 0 heterocycles. The summed E-state index contributed by atoms with van der Waals surface area (Å²) < 4.78 is 5.61. The van der Waals surface area contributed by atoms with Crippen molar-refractivity contribution in [3.8, 4) is 5.75 Å². The van der Waals surface area contributed by atoms with Gasteiger partial charge in [-0.1, -0.05) is 30.4 Å². The highest BCUT2D eigenvalue weighted by Gasteiger charge is 2.10. The molecule has 2 rings (SSSR count). The molecule has 4 nitrogen and oxygen atoms in total. The number of aliphatic imine (C=N–C) groups is 1. The van der Waals surface area contributed by atoms with Crippen molar-refractivity contribution in [2.45, 2.75) is 18.9 Å². The van der Waals surface area contributed by atoms with Crippen molar-refractivity contribution in [3.05, 3.63) is 42.5 Å². The lowest BCUT2D eigenvalue weighted by atomic mass is 10.2. The number of nitrogens with one attached hydrogen (secondary N) is 2. The molecule has 0 bridgehead atoms. The molecule has 1 aliphatic carbocycles. The first-order valence-electron chi connectivity index (χ1n) is 6.68. The molecule has 0 amide bonds. The number of guanidine groups is 1. The lowest BCUT2D eigenvalue weighted by Crippen LogP contribution is -2.43. The Morgan fingerprint density at radius 2 is 1.95 bits per heavy atom. The van der Waals surface area contributed by atoms with Gasteiger partial charge in [0.2, 0.25) is 0 Å². The van der Waals surface area contributed by atoms with Gasteiger partial charge in [0, 0.05) is 13.1 Å². The summed E-state index contributed by atoms with van der Waals surface area (Å²) in [5.74, 6) is 1.73. The van der Waals surface area contributed by atoms with Gasteiger partial charge < -0.3 is 15.4 Å². The highest BCUT2D eigenvalue weighted by molar-refractivity contribution is 14.0. The normalized spacial score (nSPS) is 14.8. The molecular formula is C15H22IN3O. The van der Waals surface area contributed by atoms with E-state index in [9.17, 15) is 0 Å². The minimum Gasteiger partial charge on any atom is -0.492 e. The Bertz CT molecular complexity index is 426. The van der Waals surface area contributed by atoms with Gasteiger partial charge in [-0.05, 0) is 25.0 Å². The second-order valence-electron chi connectivity index (χ2n) is 4.44. The lowest BCUT2D eigenvalue weighted by molar-refractivity contribution is 0.321. The van der Waals surface area contributed by atoms with Crippen LogP contribution in [0, 0.1) is 0 Å². The van der Waals surface area contributed by atoms with Gasteiger partial charge in [-0.15, -0.1) is 24.0 Å². The number of rotatable bonds is 5. The summed E-state index contributed by atoms with van der Waals surface area (Å²) in [6.07, 6.45) is 6.54. The summed E-state index contributed by atoms with van der Waals surface area (Å²) >= 11 is 0. The number of ether oxygens (including phenoxy) is 1. The molecule has 0 aromatic heterocycles. The van der Waals surface area contributed by atoms with Crippen molar-refractivity contribution < 1.29 is 4.74 Å². The van der Waals surface area contributed by atoms with Crippen LogP contribution in [-0.4, -0.2) is 32.2 Å². The van der Waals surface area contributed by atoms with E-state index in [2.05, 4.69) is 27.8 Å². The third-order valence-corrected chi connectivity index (χ3v) is 2.98. The van der Waals surface area contributed by atoms with Gasteiger partial charge in [0.05, 0.1) is 6.54 Å². The summed E-state index contributed by atoms with van der Waals surface area (Å²) in [6.45, 7) is 1.35. The first-order valence-corrected chi connectivity index (χ1v) is 6.68. The van der Waals surface area contributed by atoms with E-state index in [1.54, 1.807) is 7.05 Å². The molecule has 0 saturated heterocycles. The van der Waals surface area contributed by atoms with E-state index in [1.807, 2.05) is 30.3 Å². The highest BCUT2D eigenvalue weighted by Crippen LogP contribution is 2.09. The molecule has 110 valence electrons. The first kappa shape index (κ1) is 16.8. The average molecular weight is 387 g/mol. The zero-order valence-electron chi connectivity index (χ0n) is 11.7. The largest absolute Gasteiger partial charge is 0.492 e. The van der Waals surface area contributed by atoms with Crippen LogP contribution in [0.2, 0.25) is 0 Å². The van der Waals surface area contributed by atoms with Gasteiger partial charge in [-0.25, -0.2) is 0 Å². The van der Waals surface area contributed by atoms with Crippen molar-refractivity contribution in [3.63, 3.8) is 0 Å². The van der Waals surface area contributed by atoms with Crippen LogP contribution in [0.4, 0.5) is 0 Å². The molecule has 1 aromatic rings. The average Bonchev–Trinajstić information content (AvgIpc) is 2.96. The minimum absolute atomic E-state index is 0. The second kappa shape index (κ2) is 9.63. The molecule has 0 atom stereocenters. The first-order chi connectivity index (χ1) is 9.38. The van der Waals surface area contributed by atoms with E-state index >= 15 is 0 Å². The van der Waals surface area contributed by atoms with Crippen LogP contribution in [0.25, 0.3) is 0 Å². The van der Waals surface area contributed by atoms with Gasteiger partial charge >= 0.3 is 0 Å². The van der Waals surface area contributed by atoms with Gasteiger partial charge in [-0.2, -0.15) is 0 Å². The number of halogens is 1. The Labute approximate surface area is 137 Å². The molecule has 0 radical (unpaired) electrons. The van der Waals surface area contributed by atoms with Crippen LogP contribution in [0.1, 0.15) is 12.8 Å². The zero-order valence-corrected chi connectivity index (χ0v) is 14.0. The number of hydrogen-bond acceptors (Lipinski definition) is 2. The van der Waals surface area contributed by atoms with E-state index in [0.717, 1.165) is 31.1 Å². The Hall–Kier alpha value is -1.24. The van der Waals surface area contributed by atoms with Crippen LogP contribution in [0.15, 0.2) is 47.5 Å². The van der Waals surface area contributed by atoms with Gasteiger partial charge in [0.25, 0.3) is 0 Å². The smallest absolute Gasteiger partial charge is 0.191 e. The maximum absolute atomic E-state index is 5.61. The summed E-state index contributed by atoms with van der Waals surface area (Å²) in [7, 11) is 1.79. The van der Waals surface area contributed by atoms with Crippen molar-refractivity contribution in [2.24, 2.45) is 4.99 Å². The summed E-state index contributed by atoms with van der Waals surface area (Å²) in [5.41, 5.74) is 0. The fraction of sp³-hybridized carbons (Fsp3) is 0.400. The van der Waals surface area contributed by atoms with E-state index in [4.69, 9.17) is 4.74 Å². The second-order valence-corrected chi connectivity index (χ2v) is 4.44. The maximum atomic E-state index is 5.61. The molecule has 0 fully saturated rings. The standard InChI is InChI=1S/C15H21N3O.HI/c1-16-15(18-13-7-5-6-8-13)17-11-12-19-14-9-3-2-4-10-14;/h2-6,9-10,13H,7-8,11-12H2,1H3,(H2,16,17,18);1H. The summed E-state index contributed by atoms with van der Waals surface area (Å²) in [6, 6.07) is 10.3. The lowest BCUT2D eigenvalue weighted by Gasteiger charge is -2.17. The molecule has 1 aromatic carbocycles. The van der Waals surface area contributed by atoms with E-state index in [0.29, 0.717) is 12.6 Å². The molecule has 1 aliphatic rings. The quantitative estimate of drug-likeness (QED) is 0.268. The van der Waals surface area contributed by atoms with Crippen molar-refractivity contribution in [2.75, 3.05) is 20.2 Å². The van der Waals surface area contributed by atoms with E-state index in [1.165, 1.54) is 0 Å². The highest BCUT2D eigenvalue weighted by atomic mass is 127. The SMILES string of the molecule is CN=C(NCCOc1ccccc1)NC1CC=CC1.I. The topological polar surface area (TPSA) is 45.7 Å². The fourth-order valence-electron chi connectivity index (χ4n) is 1.98. The molecule has 2 N–H and O–H groups in total. The molecule has 20 heavy (non-hydrogen) atoms. The molecule has 0 spiro atoms. The maximum Gasteiger partial charge on any atom is 0.191 e. The van der Waals surface area contributed by atoms with E-state index < -0.39 is 0 Å². The monoisotopic (exact) mass is 387 g/mol. The van der Waals surface area contributed by atoms with Crippen LogP contribution < -0.4 is 15.4 Å². The van der Waals surface area contributed by atoms with Gasteiger partial charge in [0.15, 0.2) is 5.96 Å². The minimum atomic E-state index is 0. The van der Waals surface area contributed by atoms with Gasteiger partial charge in [0.1, 0.15) is 12.4 Å². The molecule has 0 aliphatic heterocycles. The Balaban J connectivity index is 0.00000200. The predicted molar refractivity (Wildman–Crippen MR) is 94.0 cm³/mol. The Morgan fingerprint density at radius 3 is 2.60 bits per heavy atom. The van der Waals surface area contributed by atoms with Crippen molar-refractivity contribution in [1.29, 1.82) is 0 Å². The number of nitrogens with zero attached hydrogens (tertiary/aromatic N) is 1. The van der Waals surface area contributed by atoms with Gasteiger partial charge in [-0.3, -0.25) is 4.99 Å². The van der Waals surface area contributed by atoms with Crippen molar-refractivity contribution in [1.82, 2.24) is 10.6 Å². The number of para-hydroxylation sites is 1. The fourth-order valence-corrected chi connectivity index (χ4v) is 1.98. The Morgan fingerprint density at radius 1 is 1.25 bits per heavy atom. The molecule has 0 unspecified atom stereocenters. The molecular weight excluding hydrogens is 365 g/mol. The van der Waals surface area contributed by atoms with Crippen LogP contribution in [0.3, 0.4) is 0 Å². The third-order valence-electron chi connectivity index (χ3n) is 2.98. The summed E-state index contributed by atoms with van der Waals surface area (Å²) in [4.78, 5) is 4.21. The van der Waals surface area contributed by atoms with Crippen molar-refractivity contribution >= 4 is 29.9 Å². The Kier molecular flexibility index (Phi) is 8.10. The molecule has 0 saturated carbocycles. The number of benzene rings is 1.